The first kappa shape index (κ1) is 10.7. The van der Waals surface area contributed by atoms with E-state index in [-0.39, 0.29) is 5.91 Å². The van der Waals surface area contributed by atoms with Crippen LogP contribution in [0.1, 0.15) is 23.5 Å². The fraction of sp³-hybridized carbons (Fsp3) is 0.636. The maximum absolute atomic E-state index is 12.1. The number of aromatic amines is 1. The molecule has 1 aromatic heterocycles. The zero-order valence-corrected chi connectivity index (χ0v) is 9.43. The zero-order chi connectivity index (χ0) is 11.9. The Morgan fingerprint density at radius 3 is 3.24 bits per heavy atom. The molecule has 2 fully saturated rings. The van der Waals surface area contributed by atoms with Gasteiger partial charge in [-0.15, -0.1) is 0 Å². The third-order valence-electron chi connectivity index (χ3n) is 3.58. The van der Waals surface area contributed by atoms with Gasteiger partial charge in [-0.3, -0.25) is 4.79 Å². The van der Waals surface area contributed by atoms with Crippen molar-refractivity contribution in [2.24, 2.45) is 0 Å². The van der Waals surface area contributed by atoms with Crippen LogP contribution in [0, 0.1) is 0 Å². The van der Waals surface area contributed by atoms with Crippen LogP contribution in [0.15, 0.2) is 12.4 Å². The monoisotopic (exact) mass is 237 g/mol. The topological polar surface area (TPSA) is 78.5 Å². The molecule has 3 rings (SSSR count). The molecule has 0 bridgehead atoms. The molecule has 3 heterocycles. The van der Waals surface area contributed by atoms with E-state index in [0.29, 0.717) is 25.5 Å². The molecule has 2 N–H and O–H groups in total. The quantitative estimate of drug-likeness (QED) is 0.707. The Bertz CT molecular complexity index is 412. The van der Waals surface area contributed by atoms with Crippen LogP contribution < -0.4 is 0 Å². The first-order valence-electron chi connectivity index (χ1n) is 5.82. The minimum atomic E-state index is -0.594. The first-order valence-corrected chi connectivity index (χ1v) is 5.82. The molecule has 17 heavy (non-hydrogen) atoms. The van der Waals surface area contributed by atoms with Gasteiger partial charge in [0.2, 0.25) is 0 Å². The molecular weight excluding hydrogens is 222 g/mol. The fourth-order valence-electron chi connectivity index (χ4n) is 2.66. The number of ether oxygens (including phenoxy) is 1. The second-order valence-electron chi connectivity index (χ2n) is 4.66. The molecule has 6 heteroatoms. The van der Waals surface area contributed by atoms with E-state index in [1.807, 2.05) is 0 Å². The Balaban J connectivity index is 1.77. The third kappa shape index (κ3) is 1.64. The Hall–Kier alpha value is -1.40. The summed E-state index contributed by atoms with van der Waals surface area (Å²) in [6.45, 7) is 1.44. The third-order valence-corrected chi connectivity index (χ3v) is 3.58. The molecule has 1 aromatic rings. The largest absolute Gasteiger partial charge is 0.388 e. The average Bonchev–Trinajstić information content (AvgIpc) is 3.03. The first-order chi connectivity index (χ1) is 8.21. The molecule has 0 aliphatic carbocycles. The van der Waals surface area contributed by atoms with Crippen LogP contribution in [0.2, 0.25) is 0 Å². The van der Waals surface area contributed by atoms with Gasteiger partial charge < -0.3 is 19.7 Å². The smallest absolute Gasteiger partial charge is 0.289 e. The Morgan fingerprint density at radius 1 is 1.71 bits per heavy atom. The van der Waals surface area contributed by atoms with Crippen molar-refractivity contribution in [2.45, 2.75) is 24.5 Å². The maximum Gasteiger partial charge on any atom is 0.289 e. The lowest BCUT2D eigenvalue weighted by molar-refractivity contribution is -0.0590. The molecule has 0 aromatic carbocycles. The van der Waals surface area contributed by atoms with Crippen molar-refractivity contribution >= 4 is 5.91 Å². The molecule has 2 aliphatic rings. The fourth-order valence-corrected chi connectivity index (χ4v) is 2.66. The highest BCUT2D eigenvalue weighted by atomic mass is 16.5. The van der Waals surface area contributed by atoms with Crippen LogP contribution in [0.25, 0.3) is 0 Å². The summed E-state index contributed by atoms with van der Waals surface area (Å²) in [5.41, 5.74) is -0.539. The van der Waals surface area contributed by atoms with Crippen LogP contribution in [-0.4, -0.2) is 57.3 Å². The summed E-state index contributed by atoms with van der Waals surface area (Å²) in [6.07, 6.45) is 4.32. The van der Waals surface area contributed by atoms with E-state index in [2.05, 4.69) is 9.97 Å². The summed E-state index contributed by atoms with van der Waals surface area (Å²) in [5.74, 6) is 0.133. The van der Waals surface area contributed by atoms with Crippen LogP contribution in [-0.2, 0) is 4.74 Å². The highest BCUT2D eigenvalue weighted by Gasteiger charge is 2.50. The number of H-pyrrole nitrogens is 1. The van der Waals surface area contributed by atoms with E-state index in [1.165, 1.54) is 0 Å². The van der Waals surface area contributed by atoms with Gasteiger partial charge in [0, 0.05) is 19.0 Å². The number of aliphatic hydroxyl groups is 1. The van der Waals surface area contributed by atoms with Crippen LogP contribution >= 0.6 is 0 Å². The van der Waals surface area contributed by atoms with Crippen molar-refractivity contribution in [2.75, 3.05) is 19.7 Å². The van der Waals surface area contributed by atoms with Gasteiger partial charge in [0.25, 0.3) is 5.91 Å². The zero-order valence-electron chi connectivity index (χ0n) is 9.43. The molecule has 0 saturated carbocycles. The summed E-state index contributed by atoms with van der Waals surface area (Å²) in [7, 11) is 0. The number of nitrogens with zero attached hydrogens (tertiary/aromatic N) is 2. The molecule has 0 unspecified atom stereocenters. The van der Waals surface area contributed by atoms with Gasteiger partial charge in [0.15, 0.2) is 5.82 Å². The predicted molar refractivity (Wildman–Crippen MR) is 58.4 cm³/mol. The van der Waals surface area contributed by atoms with Gasteiger partial charge in [-0.25, -0.2) is 4.98 Å². The lowest BCUT2D eigenvalue weighted by Crippen LogP contribution is -2.41. The van der Waals surface area contributed by atoms with Crippen LogP contribution in [0.4, 0.5) is 0 Å². The number of carbonyl (C=O) groups excluding carboxylic acids is 1. The van der Waals surface area contributed by atoms with Gasteiger partial charge in [0.05, 0.1) is 13.1 Å². The Morgan fingerprint density at radius 2 is 2.59 bits per heavy atom. The van der Waals surface area contributed by atoms with E-state index in [9.17, 15) is 9.90 Å². The number of likely N-dealkylation sites (tertiary alicyclic amines) is 1. The Kier molecular flexibility index (Phi) is 2.41. The molecule has 92 valence electrons. The normalized spacial score (nSPS) is 32.5. The Labute approximate surface area is 98.6 Å². The van der Waals surface area contributed by atoms with Crippen molar-refractivity contribution in [3.63, 3.8) is 0 Å². The summed E-state index contributed by atoms with van der Waals surface area (Å²) in [6, 6.07) is 0. The molecule has 1 amide bonds. The number of rotatable bonds is 1. The van der Waals surface area contributed by atoms with Crippen LogP contribution in [0.3, 0.4) is 0 Å². The van der Waals surface area contributed by atoms with Gasteiger partial charge >= 0.3 is 0 Å². The number of carbonyl (C=O) groups is 1. The minimum Gasteiger partial charge on any atom is -0.388 e. The van der Waals surface area contributed by atoms with E-state index >= 15 is 0 Å². The number of amides is 1. The molecule has 2 saturated heterocycles. The van der Waals surface area contributed by atoms with Gasteiger partial charge in [-0.05, 0) is 12.8 Å². The van der Waals surface area contributed by atoms with Crippen molar-refractivity contribution in [1.82, 2.24) is 14.9 Å². The van der Waals surface area contributed by atoms with Crippen molar-refractivity contribution in [3.05, 3.63) is 18.2 Å². The second-order valence-corrected chi connectivity index (χ2v) is 4.66. The molecule has 2 aliphatic heterocycles. The summed E-state index contributed by atoms with van der Waals surface area (Å²) >= 11 is 0. The standard InChI is InChI=1S/C11H15N3O3/c15-8-6-14(7-11(8)2-1-5-17-11)10(16)9-12-3-4-13-9/h3-4,8,15H,1-2,5-7H2,(H,12,13)/t8-,11-/m0/s1. The van der Waals surface area contributed by atoms with Crippen LogP contribution in [0.5, 0.6) is 0 Å². The molecule has 0 radical (unpaired) electrons. The van der Waals surface area contributed by atoms with E-state index in [4.69, 9.17) is 4.74 Å². The van der Waals surface area contributed by atoms with Crippen molar-refractivity contribution in [1.29, 1.82) is 0 Å². The minimum absolute atomic E-state index is 0.179. The highest BCUT2D eigenvalue weighted by Crippen LogP contribution is 2.35. The van der Waals surface area contributed by atoms with Crippen molar-refractivity contribution < 1.29 is 14.6 Å². The number of hydrogen-bond acceptors (Lipinski definition) is 4. The van der Waals surface area contributed by atoms with E-state index < -0.39 is 11.7 Å². The van der Waals surface area contributed by atoms with Gasteiger partial charge in [-0.2, -0.15) is 0 Å². The molecular formula is C11H15N3O3. The number of nitrogens with one attached hydrogen (secondary N) is 1. The molecule has 6 nitrogen and oxygen atoms in total. The van der Waals surface area contributed by atoms with E-state index in [1.54, 1.807) is 17.3 Å². The maximum atomic E-state index is 12.1. The number of hydrogen-bond donors (Lipinski definition) is 2. The number of β-amino-alcohol motifs (C(OH)–C–C–N with tert-alkyl or cyclic N) is 1. The van der Waals surface area contributed by atoms with Gasteiger partial charge in [0.1, 0.15) is 11.7 Å². The SMILES string of the molecule is O=C(c1ncc[nH]1)N1C[C@H](O)[C@]2(CCCO2)C1. The van der Waals surface area contributed by atoms with Crippen molar-refractivity contribution in [3.8, 4) is 0 Å². The average molecular weight is 237 g/mol. The summed E-state index contributed by atoms with van der Waals surface area (Å²) in [4.78, 5) is 20.4. The lowest BCUT2D eigenvalue weighted by atomic mass is 9.97. The molecule has 1 spiro atoms. The number of aromatic nitrogens is 2. The summed E-state index contributed by atoms with van der Waals surface area (Å²) < 4.78 is 5.64. The highest BCUT2D eigenvalue weighted by molar-refractivity contribution is 5.90. The van der Waals surface area contributed by atoms with E-state index in [0.717, 1.165) is 12.8 Å². The van der Waals surface area contributed by atoms with Gasteiger partial charge in [-0.1, -0.05) is 0 Å². The number of aliphatic hydroxyl groups excluding tert-OH is 1. The lowest BCUT2D eigenvalue weighted by Gasteiger charge is -2.25. The predicted octanol–water partition coefficient (Wildman–Crippen LogP) is -0.224. The second kappa shape index (κ2) is 3.82. The molecule has 2 atom stereocenters. The number of imidazole rings is 1. The summed E-state index contributed by atoms with van der Waals surface area (Å²) in [5, 5.41) is 10.0.